The van der Waals surface area contributed by atoms with Gasteiger partial charge in [0.1, 0.15) is 11.6 Å². The molecule has 7 heteroatoms. The average Bonchev–Trinajstić information content (AvgIpc) is 2.56. The van der Waals surface area contributed by atoms with Gasteiger partial charge in [-0.25, -0.2) is 4.98 Å². The van der Waals surface area contributed by atoms with Crippen molar-refractivity contribution in [3.05, 3.63) is 47.4 Å². The number of aromatic nitrogens is 2. The molecule has 0 aliphatic carbocycles. The molecule has 2 aromatic rings. The number of nitrogens with zero attached hydrogens (tertiary/aromatic N) is 3. The van der Waals surface area contributed by atoms with Gasteiger partial charge in [-0.3, -0.25) is 19.5 Å². The lowest BCUT2D eigenvalue weighted by molar-refractivity contribution is -0.123. The summed E-state index contributed by atoms with van der Waals surface area (Å²) in [4.78, 5) is 34.6. The lowest BCUT2D eigenvalue weighted by atomic mass is 10.2. The molecular weight excluding hydrogens is 324 g/mol. The summed E-state index contributed by atoms with van der Waals surface area (Å²) in [5.41, 5.74) is 3.53. The molecule has 124 valence electrons. The maximum Gasteiger partial charge on any atom is 0.240 e. The Balaban J connectivity index is 1.73. The molecule has 2 aromatic heterocycles. The third-order valence-electron chi connectivity index (χ3n) is 3.70. The zero-order valence-corrected chi connectivity index (χ0v) is 14.4. The number of rotatable bonds is 4. The molecule has 1 aliphatic heterocycles. The van der Waals surface area contributed by atoms with Crippen molar-refractivity contribution in [2.75, 3.05) is 17.2 Å². The predicted molar refractivity (Wildman–Crippen MR) is 92.9 cm³/mol. The van der Waals surface area contributed by atoms with Crippen LogP contribution in [0.1, 0.15) is 16.8 Å². The Morgan fingerprint density at radius 3 is 3.00 bits per heavy atom. The lowest BCUT2D eigenvalue weighted by Crippen LogP contribution is -2.43. The van der Waals surface area contributed by atoms with Crippen LogP contribution in [0.25, 0.3) is 0 Å². The fourth-order valence-corrected chi connectivity index (χ4v) is 3.66. The fraction of sp³-hybridized carbons (Fsp3) is 0.294. The molecule has 0 unspecified atom stereocenters. The number of anilines is 1. The van der Waals surface area contributed by atoms with Gasteiger partial charge in [-0.15, -0.1) is 0 Å². The molecule has 0 atom stereocenters. The van der Waals surface area contributed by atoms with Gasteiger partial charge < -0.3 is 5.32 Å². The van der Waals surface area contributed by atoms with Crippen LogP contribution >= 0.6 is 11.8 Å². The zero-order valence-electron chi connectivity index (χ0n) is 13.6. The first kappa shape index (κ1) is 16.4. The van der Waals surface area contributed by atoms with Crippen LogP contribution in [0.3, 0.4) is 0 Å². The molecule has 2 amide bonds. The molecule has 0 aromatic carbocycles. The molecule has 0 fully saturated rings. The lowest BCUT2D eigenvalue weighted by Gasteiger charge is -2.29. The average molecular weight is 342 g/mol. The quantitative estimate of drug-likeness (QED) is 0.918. The predicted octanol–water partition coefficient (Wildman–Crippen LogP) is 1.85. The third-order valence-corrected chi connectivity index (χ3v) is 4.65. The minimum Gasteiger partial charge on any atom is -0.350 e. The standard InChI is InChI=1S/C17H18N4O2S/c1-11-6-12(2)20-17-16(11)21(15(23)10-24-17)9-14(22)19-8-13-4-3-5-18-7-13/h3-7H,8-10H2,1-2H3,(H,19,22). The highest BCUT2D eigenvalue weighted by atomic mass is 32.2. The number of pyridine rings is 2. The van der Waals surface area contributed by atoms with Crippen molar-refractivity contribution in [3.8, 4) is 0 Å². The Morgan fingerprint density at radius 2 is 2.25 bits per heavy atom. The summed E-state index contributed by atoms with van der Waals surface area (Å²) in [5.74, 6) is 0.0292. The summed E-state index contributed by atoms with van der Waals surface area (Å²) in [6.45, 7) is 4.25. The number of hydrogen-bond acceptors (Lipinski definition) is 5. The van der Waals surface area contributed by atoms with Gasteiger partial charge in [0, 0.05) is 24.6 Å². The van der Waals surface area contributed by atoms with Crippen LogP contribution in [0, 0.1) is 13.8 Å². The molecule has 3 heterocycles. The normalized spacial score (nSPS) is 13.6. The maximum atomic E-state index is 12.3. The first-order valence-electron chi connectivity index (χ1n) is 7.61. The first-order chi connectivity index (χ1) is 11.5. The van der Waals surface area contributed by atoms with Crippen molar-refractivity contribution in [3.63, 3.8) is 0 Å². The van der Waals surface area contributed by atoms with E-state index in [2.05, 4.69) is 15.3 Å². The molecular formula is C17H18N4O2S. The monoisotopic (exact) mass is 342 g/mol. The van der Waals surface area contributed by atoms with Gasteiger partial charge in [-0.1, -0.05) is 17.8 Å². The minimum absolute atomic E-state index is 0.00175. The van der Waals surface area contributed by atoms with Gasteiger partial charge in [-0.05, 0) is 37.1 Å². The van der Waals surface area contributed by atoms with Gasteiger partial charge in [0.05, 0.1) is 11.4 Å². The number of carbonyl (C=O) groups excluding carboxylic acids is 2. The maximum absolute atomic E-state index is 12.3. The number of fused-ring (bicyclic) bond motifs is 1. The summed E-state index contributed by atoms with van der Waals surface area (Å²) >= 11 is 1.42. The molecule has 1 N–H and O–H groups in total. The number of carbonyl (C=O) groups is 2. The van der Waals surface area contributed by atoms with Crippen LogP contribution < -0.4 is 10.2 Å². The summed E-state index contributed by atoms with van der Waals surface area (Å²) < 4.78 is 0. The SMILES string of the molecule is Cc1cc(C)c2c(n1)SCC(=O)N2CC(=O)NCc1cccnc1. The number of aryl methyl sites for hydroxylation is 2. The summed E-state index contributed by atoms with van der Waals surface area (Å²) in [7, 11) is 0. The third kappa shape index (κ3) is 3.56. The van der Waals surface area contributed by atoms with E-state index in [1.807, 2.05) is 32.0 Å². The van der Waals surface area contributed by atoms with E-state index < -0.39 is 0 Å². The molecule has 1 aliphatic rings. The van der Waals surface area contributed by atoms with Gasteiger partial charge >= 0.3 is 0 Å². The second-order valence-corrected chi connectivity index (χ2v) is 6.60. The number of nitrogens with one attached hydrogen (secondary N) is 1. The molecule has 0 bridgehead atoms. The highest BCUT2D eigenvalue weighted by molar-refractivity contribution is 8.00. The Bertz CT molecular complexity index is 780. The van der Waals surface area contributed by atoms with E-state index in [1.165, 1.54) is 16.7 Å². The smallest absolute Gasteiger partial charge is 0.240 e. The van der Waals surface area contributed by atoms with Crippen molar-refractivity contribution >= 4 is 29.3 Å². The fourth-order valence-electron chi connectivity index (χ4n) is 2.63. The van der Waals surface area contributed by atoms with Gasteiger partial charge in [0.25, 0.3) is 0 Å². The molecule has 0 saturated heterocycles. The zero-order chi connectivity index (χ0) is 17.1. The van der Waals surface area contributed by atoms with Crippen molar-refractivity contribution in [1.82, 2.24) is 15.3 Å². The molecule has 24 heavy (non-hydrogen) atoms. The molecule has 6 nitrogen and oxygen atoms in total. The van der Waals surface area contributed by atoms with E-state index in [-0.39, 0.29) is 18.4 Å². The summed E-state index contributed by atoms with van der Waals surface area (Å²) in [6, 6.07) is 5.64. The Labute approximate surface area is 144 Å². The minimum atomic E-state index is -0.204. The molecule has 3 rings (SSSR count). The Kier molecular flexibility index (Phi) is 4.80. The number of hydrogen-bond donors (Lipinski definition) is 1. The van der Waals surface area contributed by atoms with Crippen molar-refractivity contribution in [2.24, 2.45) is 0 Å². The largest absolute Gasteiger partial charge is 0.350 e. The van der Waals surface area contributed by atoms with Crippen LogP contribution in [0.5, 0.6) is 0 Å². The summed E-state index contributed by atoms with van der Waals surface area (Å²) in [6.07, 6.45) is 3.39. The summed E-state index contributed by atoms with van der Waals surface area (Å²) in [5, 5.41) is 3.64. The van der Waals surface area contributed by atoms with Crippen LogP contribution in [0.4, 0.5) is 5.69 Å². The van der Waals surface area contributed by atoms with E-state index in [0.717, 1.165) is 27.5 Å². The second-order valence-electron chi connectivity index (χ2n) is 5.64. The molecule has 0 radical (unpaired) electrons. The molecule has 0 spiro atoms. The molecule has 0 saturated carbocycles. The first-order valence-corrected chi connectivity index (χ1v) is 8.60. The Morgan fingerprint density at radius 1 is 1.42 bits per heavy atom. The van der Waals surface area contributed by atoms with Crippen molar-refractivity contribution < 1.29 is 9.59 Å². The number of amides is 2. The van der Waals surface area contributed by atoms with Crippen LogP contribution in [-0.4, -0.2) is 34.1 Å². The van der Waals surface area contributed by atoms with E-state index in [4.69, 9.17) is 0 Å². The van der Waals surface area contributed by atoms with Crippen LogP contribution in [0.2, 0.25) is 0 Å². The highest BCUT2D eigenvalue weighted by Gasteiger charge is 2.29. The Hall–Kier alpha value is -2.41. The van der Waals surface area contributed by atoms with Crippen LogP contribution in [0.15, 0.2) is 35.6 Å². The van der Waals surface area contributed by atoms with Gasteiger partial charge in [0.2, 0.25) is 11.8 Å². The van der Waals surface area contributed by atoms with Crippen molar-refractivity contribution in [1.29, 1.82) is 0 Å². The van der Waals surface area contributed by atoms with E-state index >= 15 is 0 Å². The van der Waals surface area contributed by atoms with Crippen molar-refractivity contribution in [2.45, 2.75) is 25.4 Å². The second kappa shape index (κ2) is 7.00. The van der Waals surface area contributed by atoms with Gasteiger partial charge in [-0.2, -0.15) is 0 Å². The van der Waals surface area contributed by atoms with E-state index in [0.29, 0.717) is 12.3 Å². The topological polar surface area (TPSA) is 75.2 Å². The van der Waals surface area contributed by atoms with Crippen LogP contribution in [-0.2, 0) is 16.1 Å². The number of thioether (sulfide) groups is 1. The van der Waals surface area contributed by atoms with Gasteiger partial charge in [0.15, 0.2) is 0 Å². The van der Waals surface area contributed by atoms with E-state index in [1.54, 1.807) is 12.4 Å². The van der Waals surface area contributed by atoms with E-state index in [9.17, 15) is 9.59 Å². The highest BCUT2D eigenvalue weighted by Crippen LogP contribution is 2.36.